The predicted molar refractivity (Wildman–Crippen MR) is 154 cm³/mol. The molecule has 0 unspecified atom stereocenters. The molecule has 0 radical (unpaired) electrons. The SMILES string of the molecule is C=CC(=O)N1CC[C@@H](N2CC(C#Cc3c(-c4ccc(Cl)c(OC)c4)c4c(N)ncnc4n3CCOC)C2)[C@@H](O)C1. The van der Waals surface area contributed by atoms with Gasteiger partial charge in [-0.15, -0.1) is 0 Å². The molecule has 1 amide bonds. The molecule has 3 aromatic rings. The molecule has 210 valence electrons. The Morgan fingerprint density at radius 3 is 2.80 bits per heavy atom. The van der Waals surface area contributed by atoms with Crippen molar-refractivity contribution >= 4 is 34.4 Å². The fourth-order valence-electron chi connectivity index (χ4n) is 5.54. The minimum absolute atomic E-state index is 0.00670. The number of aliphatic hydroxyl groups is 1. The molecule has 2 atom stereocenters. The fraction of sp³-hybridized carbons (Fsp3) is 0.414. The van der Waals surface area contributed by atoms with Crippen LogP contribution < -0.4 is 10.5 Å². The Bertz CT molecular complexity index is 1490. The molecule has 2 aromatic heterocycles. The van der Waals surface area contributed by atoms with E-state index in [1.807, 2.05) is 16.7 Å². The average Bonchev–Trinajstić information content (AvgIpc) is 3.25. The van der Waals surface area contributed by atoms with E-state index in [-0.39, 0.29) is 17.9 Å². The number of hydrogen-bond donors (Lipinski definition) is 2. The second-order valence-electron chi connectivity index (χ2n) is 10.0. The number of nitrogen functional groups attached to an aromatic ring is 1. The molecule has 4 heterocycles. The number of hydrogen-bond acceptors (Lipinski definition) is 8. The Hall–Kier alpha value is -3.62. The van der Waals surface area contributed by atoms with Crippen molar-refractivity contribution in [3.63, 3.8) is 0 Å². The first-order chi connectivity index (χ1) is 19.4. The number of likely N-dealkylation sites (tertiary alicyclic amines) is 2. The minimum atomic E-state index is -0.601. The van der Waals surface area contributed by atoms with Gasteiger partial charge in [-0.3, -0.25) is 9.69 Å². The van der Waals surface area contributed by atoms with Gasteiger partial charge in [0.2, 0.25) is 5.91 Å². The van der Waals surface area contributed by atoms with E-state index in [0.29, 0.717) is 60.3 Å². The summed E-state index contributed by atoms with van der Waals surface area (Å²) in [5.74, 6) is 7.76. The van der Waals surface area contributed by atoms with Gasteiger partial charge in [0.15, 0.2) is 0 Å². The number of ether oxygens (including phenoxy) is 2. The molecule has 2 aliphatic heterocycles. The van der Waals surface area contributed by atoms with Crippen molar-refractivity contribution in [2.75, 3.05) is 52.7 Å². The number of nitrogens with zero attached hydrogens (tertiary/aromatic N) is 5. The minimum Gasteiger partial charge on any atom is -0.495 e. The van der Waals surface area contributed by atoms with Crippen molar-refractivity contribution in [1.82, 2.24) is 24.3 Å². The molecule has 3 N–H and O–H groups in total. The van der Waals surface area contributed by atoms with Gasteiger partial charge < -0.3 is 29.8 Å². The number of methoxy groups -OCH3 is 2. The van der Waals surface area contributed by atoms with Crippen molar-refractivity contribution in [1.29, 1.82) is 0 Å². The van der Waals surface area contributed by atoms with Crippen LogP contribution in [0.3, 0.4) is 0 Å². The first-order valence-corrected chi connectivity index (χ1v) is 13.5. The van der Waals surface area contributed by atoms with Gasteiger partial charge in [0.25, 0.3) is 0 Å². The number of anilines is 1. The van der Waals surface area contributed by atoms with E-state index in [0.717, 1.165) is 29.9 Å². The monoisotopic (exact) mass is 564 g/mol. The van der Waals surface area contributed by atoms with E-state index < -0.39 is 6.10 Å². The molecule has 1 aromatic carbocycles. The van der Waals surface area contributed by atoms with E-state index in [1.165, 1.54) is 12.4 Å². The zero-order valence-electron chi connectivity index (χ0n) is 22.6. The summed E-state index contributed by atoms with van der Waals surface area (Å²) in [5.41, 5.74) is 9.49. The number of amides is 1. The number of nitrogens with two attached hydrogens (primary N) is 1. The van der Waals surface area contributed by atoms with Gasteiger partial charge in [0.1, 0.15) is 29.2 Å². The van der Waals surface area contributed by atoms with E-state index >= 15 is 0 Å². The van der Waals surface area contributed by atoms with Gasteiger partial charge in [-0.05, 0) is 36.1 Å². The van der Waals surface area contributed by atoms with Crippen LogP contribution in [0.25, 0.3) is 22.2 Å². The Kier molecular flexibility index (Phi) is 8.28. The van der Waals surface area contributed by atoms with Crippen molar-refractivity contribution in [2.45, 2.75) is 25.1 Å². The van der Waals surface area contributed by atoms with E-state index in [4.69, 9.17) is 26.8 Å². The molecule has 0 bridgehead atoms. The number of rotatable bonds is 7. The maximum Gasteiger partial charge on any atom is 0.246 e. The zero-order valence-corrected chi connectivity index (χ0v) is 23.4. The normalized spacial score (nSPS) is 19.6. The topological polar surface area (TPSA) is 119 Å². The number of piperidine rings is 1. The summed E-state index contributed by atoms with van der Waals surface area (Å²) in [6.07, 6.45) is 2.86. The number of fused-ring (bicyclic) bond motifs is 1. The Morgan fingerprint density at radius 2 is 2.10 bits per heavy atom. The number of halogens is 1. The lowest BCUT2D eigenvalue weighted by molar-refractivity contribution is -0.132. The van der Waals surface area contributed by atoms with Crippen LogP contribution >= 0.6 is 11.6 Å². The number of β-amino-alcohol motifs (C(OH)–C–C–N with tert-alkyl or cyclic N) is 1. The van der Waals surface area contributed by atoms with Crippen LogP contribution in [0.4, 0.5) is 5.82 Å². The van der Waals surface area contributed by atoms with Crippen LogP contribution in [0.2, 0.25) is 5.02 Å². The van der Waals surface area contributed by atoms with Gasteiger partial charge in [-0.25, -0.2) is 9.97 Å². The molecule has 40 heavy (non-hydrogen) atoms. The lowest BCUT2D eigenvalue weighted by Gasteiger charge is -2.47. The summed E-state index contributed by atoms with van der Waals surface area (Å²) in [4.78, 5) is 24.6. The number of carbonyl (C=O) groups is 1. The lowest BCUT2D eigenvalue weighted by Crippen LogP contribution is -2.61. The van der Waals surface area contributed by atoms with Gasteiger partial charge in [-0.1, -0.05) is 30.2 Å². The highest BCUT2D eigenvalue weighted by Gasteiger charge is 2.38. The highest BCUT2D eigenvalue weighted by molar-refractivity contribution is 6.32. The van der Waals surface area contributed by atoms with Gasteiger partial charge in [0, 0.05) is 57.4 Å². The first kappa shape index (κ1) is 27.9. The first-order valence-electron chi connectivity index (χ1n) is 13.2. The van der Waals surface area contributed by atoms with Crippen LogP contribution in [0.5, 0.6) is 5.75 Å². The summed E-state index contributed by atoms with van der Waals surface area (Å²) in [6.45, 7) is 6.95. The lowest BCUT2D eigenvalue weighted by atomic mass is 9.91. The zero-order chi connectivity index (χ0) is 28.4. The fourth-order valence-corrected chi connectivity index (χ4v) is 5.73. The molecule has 0 spiro atoms. The average molecular weight is 565 g/mol. The third-order valence-electron chi connectivity index (χ3n) is 7.63. The Balaban J connectivity index is 1.46. The summed E-state index contributed by atoms with van der Waals surface area (Å²) < 4.78 is 12.9. The third-order valence-corrected chi connectivity index (χ3v) is 7.95. The van der Waals surface area contributed by atoms with E-state index in [9.17, 15) is 9.90 Å². The summed E-state index contributed by atoms with van der Waals surface area (Å²) in [7, 11) is 3.23. The van der Waals surface area contributed by atoms with Gasteiger partial charge >= 0.3 is 0 Å². The van der Waals surface area contributed by atoms with E-state index in [1.54, 1.807) is 25.2 Å². The van der Waals surface area contributed by atoms with Gasteiger partial charge in [0.05, 0.1) is 30.2 Å². The van der Waals surface area contributed by atoms with Gasteiger partial charge in [-0.2, -0.15) is 0 Å². The van der Waals surface area contributed by atoms with Crippen molar-refractivity contribution in [2.24, 2.45) is 5.92 Å². The van der Waals surface area contributed by atoms with Crippen LogP contribution in [0.1, 0.15) is 12.1 Å². The standard InChI is InChI=1S/C29H33ClN6O4/c1-4-25(38)34-10-9-21(23(37)16-34)35-14-18(15-35)5-8-22-26(19-6-7-20(30)24(13-19)40-3)27-28(31)32-17-33-29(27)36(22)11-12-39-2/h4,6-7,13,17-18,21,23,37H,1,9-12,14-16H2,2-3H3,(H2,31,32,33)/t21-,23+/m1/s1. The molecular weight excluding hydrogens is 532 g/mol. The molecular formula is C29H33ClN6O4. The number of carbonyl (C=O) groups excluding carboxylic acids is 1. The van der Waals surface area contributed by atoms with Crippen LogP contribution in [0, 0.1) is 17.8 Å². The van der Waals surface area contributed by atoms with Crippen molar-refractivity contribution in [3.8, 4) is 28.7 Å². The molecule has 11 heteroatoms. The molecule has 2 fully saturated rings. The molecule has 10 nitrogen and oxygen atoms in total. The molecule has 5 rings (SSSR count). The highest BCUT2D eigenvalue weighted by Crippen LogP contribution is 2.39. The predicted octanol–water partition coefficient (Wildman–Crippen LogP) is 2.42. The van der Waals surface area contributed by atoms with Crippen LogP contribution in [-0.2, 0) is 16.1 Å². The quantitative estimate of drug-likeness (QED) is 0.332. The maximum atomic E-state index is 11.9. The van der Waals surface area contributed by atoms with E-state index in [2.05, 4.69) is 33.3 Å². The second-order valence-corrected chi connectivity index (χ2v) is 10.4. The third kappa shape index (κ3) is 5.25. The Morgan fingerprint density at radius 1 is 1.30 bits per heavy atom. The number of aliphatic hydroxyl groups excluding tert-OH is 1. The summed E-state index contributed by atoms with van der Waals surface area (Å²) in [6, 6.07) is 5.57. The van der Waals surface area contributed by atoms with Crippen molar-refractivity contribution < 1.29 is 19.4 Å². The maximum absolute atomic E-state index is 11.9. The molecule has 0 aliphatic carbocycles. The second kappa shape index (κ2) is 11.9. The van der Waals surface area contributed by atoms with Crippen molar-refractivity contribution in [3.05, 3.63) is 47.9 Å². The number of aromatic nitrogens is 3. The smallest absolute Gasteiger partial charge is 0.246 e. The molecule has 2 saturated heterocycles. The number of benzene rings is 1. The summed E-state index contributed by atoms with van der Waals surface area (Å²) >= 11 is 6.32. The molecule has 2 aliphatic rings. The Labute approximate surface area is 238 Å². The highest BCUT2D eigenvalue weighted by atomic mass is 35.5. The van der Waals surface area contributed by atoms with Crippen LogP contribution in [0.15, 0.2) is 37.2 Å². The molecule has 0 saturated carbocycles. The summed E-state index contributed by atoms with van der Waals surface area (Å²) in [5, 5.41) is 11.9. The van der Waals surface area contributed by atoms with Crippen LogP contribution in [-0.4, -0.2) is 94.5 Å². The largest absolute Gasteiger partial charge is 0.495 e.